The summed E-state index contributed by atoms with van der Waals surface area (Å²) >= 11 is 0. The SMILES string of the molecule is CN(c1ccncc1)c1ccc(CN(C(=O)/C=C/c2ccc(C(F)(F)F)cc2)[C@H]2CCNC[C@H]2F)cc1. The van der Waals surface area contributed by atoms with Gasteiger partial charge in [-0.25, -0.2) is 4.39 Å². The minimum atomic E-state index is -4.43. The maximum Gasteiger partial charge on any atom is 0.416 e. The summed E-state index contributed by atoms with van der Waals surface area (Å²) in [4.78, 5) is 20.8. The molecule has 0 spiro atoms. The van der Waals surface area contributed by atoms with Gasteiger partial charge in [0.15, 0.2) is 0 Å². The van der Waals surface area contributed by atoms with Gasteiger partial charge in [0.05, 0.1) is 11.6 Å². The van der Waals surface area contributed by atoms with Crippen LogP contribution in [-0.2, 0) is 17.5 Å². The molecule has 1 aliphatic heterocycles. The van der Waals surface area contributed by atoms with Gasteiger partial charge in [-0.1, -0.05) is 24.3 Å². The van der Waals surface area contributed by atoms with E-state index in [1.807, 2.05) is 48.3 Å². The molecule has 194 valence electrons. The molecular weight excluding hydrogens is 484 g/mol. The van der Waals surface area contributed by atoms with Gasteiger partial charge in [0.1, 0.15) is 6.17 Å². The number of alkyl halides is 4. The molecule has 37 heavy (non-hydrogen) atoms. The summed E-state index contributed by atoms with van der Waals surface area (Å²) in [7, 11) is 1.94. The van der Waals surface area contributed by atoms with Gasteiger partial charge in [-0.2, -0.15) is 13.2 Å². The Hall–Kier alpha value is -3.72. The Morgan fingerprint density at radius 1 is 1.03 bits per heavy atom. The van der Waals surface area contributed by atoms with Gasteiger partial charge in [0.2, 0.25) is 5.91 Å². The number of carbonyl (C=O) groups excluding carboxylic acids is 1. The summed E-state index contributed by atoms with van der Waals surface area (Å²) in [5.41, 5.74) is 2.45. The maximum absolute atomic E-state index is 14.8. The van der Waals surface area contributed by atoms with Crippen LogP contribution in [0.2, 0.25) is 0 Å². The van der Waals surface area contributed by atoms with Crippen molar-refractivity contribution >= 4 is 23.4 Å². The third-order valence-electron chi connectivity index (χ3n) is 6.44. The van der Waals surface area contributed by atoms with Crippen molar-refractivity contribution in [2.24, 2.45) is 0 Å². The van der Waals surface area contributed by atoms with Crippen LogP contribution in [0, 0.1) is 0 Å². The molecule has 5 nitrogen and oxygen atoms in total. The van der Waals surface area contributed by atoms with E-state index >= 15 is 0 Å². The van der Waals surface area contributed by atoms with Gasteiger partial charge in [0, 0.05) is 50.0 Å². The second-order valence-electron chi connectivity index (χ2n) is 8.93. The molecule has 0 unspecified atom stereocenters. The Kier molecular flexibility index (Phi) is 8.23. The zero-order valence-electron chi connectivity index (χ0n) is 20.3. The number of rotatable bonds is 7. The largest absolute Gasteiger partial charge is 0.416 e. The van der Waals surface area contributed by atoms with Crippen molar-refractivity contribution in [2.75, 3.05) is 25.0 Å². The van der Waals surface area contributed by atoms with E-state index in [4.69, 9.17) is 0 Å². The first-order valence-corrected chi connectivity index (χ1v) is 12.0. The summed E-state index contributed by atoms with van der Waals surface area (Å²) in [5, 5.41) is 3.00. The van der Waals surface area contributed by atoms with Crippen molar-refractivity contribution in [1.29, 1.82) is 0 Å². The van der Waals surface area contributed by atoms with E-state index in [0.29, 0.717) is 18.5 Å². The fourth-order valence-corrected chi connectivity index (χ4v) is 4.30. The number of amides is 1. The molecule has 1 fully saturated rings. The zero-order valence-corrected chi connectivity index (χ0v) is 20.3. The molecule has 1 aliphatic rings. The predicted octanol–water partition coefficient (Wildman–Crippen LogP) is 5.61. The van der Waals surface area contributed by atoms with Gasteiger partial charge >= 0.3 is 6.18 Å². The average Bonchev–Trinajstić information content (AvgIpc) is 2.91. The van der Waals surface area contributed by atoms with E-state index in [-0.39, 0.29) is 13.1 Å². The van der Waals surface area contributed by atoms with Gasteiger partial charge < -0.3 is 15.1 Å². The highest BCUT2D eigenvalue weighted by Gasteiger charge is 2.32. The van der Waals surface area contributed by atoms with Crippen molar-refractivity contribution in [3.8, 4) is 0 Å². The minimum Gasteiger partial charge on any atom is -0.345 e. The van der Waals surface area contributed by atoms with Crippen LogP contribution in [0.1, 0.15) is 23.1 Å². The Morgan fingerprint density at radius 2 is 1.68 bits per heavy atom. The lowest BCUT2D eigenvalue weighted by Gasteiger charge is -2.36. The molecule has 0 saturated carbocycles. The number of nitrogens with zero attached hydrogens (tertiary/aromatic N) is 3. The molecule has 0 aliphatic carbocycles. The Balaban J connectivity index is 1.51. The smallest absolute Gasteiger partial charge is 0.345 e. The van der Waals surface area contributed by atoms with Crippen LogP contribution < -0.4 is 10.2 Å². The van der Waals surface area contributed by atoms with E-state index in [1.165, 1.54) is 29.2 Å². The van der Waals surface area contributed by atoms with Gasteiger partial charge in [-0.3, -0.25) is 9.78 Å². The molecule has 3 aromatic rings. The number of hydrogen-bond donors (Lipinski definition) is 1. The molecule has 0 bridgehead atoms. The summed E-state index contributed by atoms with van der Waals surface area (Å²) in [6.45, 7) is 0.959. The van der Waals surface area contributed by atoms with E-state index in [0.717, 1.165) is 29.1 Å². The predicted molar refractivity (Wildman–Crippen MR) is 136 cm³/mol. The lowest BCUT2D eigenvalue weighted by molar-refractivity contribution is -0.137. The van der Waals surface area contributed by atoms with Crippen LogP contribution in [-0.4, -0.2) is 48.1 Å². The van der Waals surface area contributed by atoms with Gasteiger partial charge in [-0.15, -0.1) is 0 Å². The van der Waals surface area contributed by atoms with Crippen molar-refractivity contribution in [1.82, 2.24) is 15.2 Å². The number of benzene rings is 2. The first-order valence-electron chi connectivity index (χ1n) is 12.0. The van der Waals surface area contributed by atoms with E-state index < -0.39 is 29.9 Å². The number of halogens is 4. The quantitative estimate of drug-likeness (QED) is 0.330. The van der Waals surface area contributed by atoms with Crippen molar-refractivity contribution < 1.29 is 22.4 Å². The number of piperidine rings is 1. The molecule has 4 rings (SSSR count). The molecule has 2 heterocycles. The number of hydrogen-bond acceptors (Lipinski definition) is 4. The standard InChI is InChI=1S/C28H28F4N4O/c1-35(24-12-15-33-16-13-24)23-9-4-21(5-10-23)19-36(26-14-17-34-18-25(26)29)27(37)11-6-20-2-7-22(8-3-20)28(30,31)32/h2-13,15-16,25-26,34H,14,17-19H2,1H3/b11-6+/t25-,26+/m1/s1. The molecule has 1 aromatic heterocycles. The number of nitrogens with one attached hydrogen (secondary N) is 1. The highest BCUT2D eigenvalue weighted by atomic mass is 19.4. The van der Waals surface area contributed by atoms with E-state index in [2.05, 4.69) is 10.3 Å². The number of carbonyl (C=O) groups is 1. The summed E-state index contributed by atoms with van der Waals surface area (Å²) < 4.78 is 53.3. The Morgan fingerprint density at radius 3 is 2.30 bits per heavy atom. The second-order valence-corrected chi connectivity index (χ2v) is 8.93. The second kappa shape index (κ2) is 11.6. The lowest BCUT2D eigenvalue weighted by atomic mass is 10.0. The van der Waals surface area contributed by atoms with Crippen LogP contribution >= 0.6 is 0 Å². The van der Waals surface area contributed by atoms with Crippen molar-refractivity contribution in [3.05, 3.63) is 95.8 Å². The molecule has 0 radical (unpaired) electrons. The maximum atomic E-state index is 14.8. The molecule has 1 saturated heterocycles. The average molecular weight is 513 g/mol. The molecule has 1 N–H and O–H groups in total. The number of anilines is 2. The summed E-state index contributed by atoms with van der Waals surface area (Å²) in [6.07, 6.45) is 0.989. The Labute approximate surface area is 213 Å². The van der Waals surface area contributed by atoms with Crippen molar-refractivity contribution in [2.45, 2.75) is 31.4 Å². The molecule has 2 atom stereocenters. The van der Waals surface area contributed by atoms with E-state index in [9.17, 15) is 22.4 Å². The number of aromatic nitrogens is 1. The Bertz CT molecular complexity index is 1200. The van der Waals surface area contributed by atoms with Crippen LogP contribution in [0.3, 0.4) is 0 Å². The highest BCUT2D eigenvalue weighted by molar-refractivity contribution is 5.92. The third-order valence-corrected chi connectivity index (χ3v) is 6.44. The lowest BCUT2D eigenvalue weighted by Crippen LogP contribution is -2.52. The topological polar surface area (TPSA) is 48.5 Å². The number of pyridine rings is 1. The van der Waals surface area contributed by atoms with Gasteiger partial charge in [0.25, 0.3) is 0 Å². The zero-order chi connectivity index (χ0) is 26.4. The van der Waals surface area contributed by atoms with Crippen LogP contribution in [0.4, 0.5) is 28.9 Å². The monoisotopic (exact) mass is 512 g/mol. The fourth-order valence-electron chi connectivity index (χ4n) is 4.30. The highest BCUT2D eigenvalue weighted by Crippen LogP contribution is 2.29. The molecular formula is C28H28F4N4O. The summed E-state index contributed by atoms with van der Waals surface area (Å²) in [5.74, 6) is -0.396. The van der Waals surface area contributed by atoms with Crippen LogP contribution in [0.5, 0.6) is 0 Å². The van der Waals surface area contributed by atoms with Gasteiger partial charge in [-0.05, 0) is 66.6 Å². The third kappa shape index (κ3) is 6.74. The van der Waals surface area contributed by atoms with E-state index in [1.54, 1.807) is 12.4 Å². The minimum absolute atomic E-state index is 0.159. The summed E-state index contributed by atoms with van der Waals surface area (Å²) in [6, 6.07) is 15.4. The molecule has 1 amide bonds. The normalized spacial score (nSPS) is 18.1. The molecule has 2 aromatic carbocycles. The molecule has 9 heteroatoms. The first kappa shape index (κ1) is 26.3. The fraction of sp³-hybridized carbons (Fsp3) is 0.286. The van der Waals surface area contributed by atoms with Crippen LogP contribution in [0.15, 0.2) is 79.1 Å². The van der Waals surface area contributed by atoms with Crippen LogP contribution in [0.25, 0.3) is 6.08 Å². The first-order chi connectivity index (χ1) is 17.7. The van der Waals surface area contributed by atoms with Crippen molar-refractivity contribution in [3.63, 3.8) is 0 Å².